The van der Waals surface area contributed by atoms with E-state index in [1.807, 2.05) is 0 Å². The van der Waals surface area contributed by atoms with Gasteiger partial charge in [-0.05, 0) is 43.4 Å². The Morgan fingerprint density at radius 2 is 1.61 bits per heavy atom. The van der Waals surface area contributed by atoms with Gasteiger partial charge in [0.1, 0.15) is 0 Å². The van der Waals surface area contributed by atoms with E-state index in [2.05, 4.69) is 5.32 Å². The van der Waals surface area contributed by atoms with Gasteiger partial charge in [0.05, 0.1) is 17.1 Å². The lowest BCUT2D eigenvalue weighted by Gasteiger charge is -2.30. The lowest BCUT2D eigenvalue weighted by molar-refractivity contribution is -0.126. The average Bonchev–Trinajstić information content (AvgIpc) is 3.21. The molecule has 1 N–H and O–H groups in total. The fraction of sp³-hybridized carbons (Fsp3) is 0.611. The highest BCUT2D eigenvalue weighted by molar-refractivity contribution is 7.89. The van der Waals surface area contributed by atoms with E-state index < -0.39 is 20.0 Å². The van der Waals surface area contributed by atoms with Crippen LogP contribution in [0.15, 0.2) is 29.2 Å². The molecule has 1 aromatic carbocycles. The molecule has 0 radical (unpaired) electrons. The molecule has 1 aromatic rings. The van der Waals surface area contributed by atoms with Gasteiger partial charge in [0.25, 0.3) is 0 Å². The summed E-state index contributed by atoms with van der Waals surface area (Å²) >= 11 is 0. The van der Waals surface area contributed by atoms with Gasteiger partial charge in [-0.15, -0.1) is 0 Å². The molecule has 2 aliphatic rings. The van der Waals surface area contributed by atoms with Crippen molar-refractivity contribution < 1.29 is 21.6 Å². The smallest absolute Gasteiger partial charge is 0.243 e. The highest BCUT2D eigenvalue weighted by Crippen LogP contribution is 2.22. The number of piperidine rings is 1. The molecule has 2 saturated heterocycles. The fourth-order valence-electron chi connectivity index (χ4n) is 3.65. The number of benzene rings is 1. The van der Waals surface area contributed by atoms with E-state index in [0.29, 0.717) is 32.5 Å². The first kappa shape index (κ1) is 21.2. The van der Waals surface area contributed by atoms with Gasteiger partial charge < -0.3 is 5.32 Å². The predicted molar refractivity (Wildman–Crippen MR) is 105 cm³/mol. The van der Waals surface area contributed by atoms with Crippen LogP contribution in [0.1, 0.15) is 31.2 Å². The number of amides is 1. The molecule has 0 saturated carbocycles. The molecule has 0 bridgehead atoms. The minimum absolute atomic E-state index is 0.179. The third-order valence-electron chi connectivity index (χ3n) is 5.32. The van der Waals surface area contributed by atoms with Crippen molar-refractivity contribution >= 4 is 26.0 Å². The first-order valence-corrected chi connectivity index (χ1v) is 12.8. The molecule has 156 valence electrons. The van der Waals surface area contributed by atoms with Gasteiger partial charge in [-0.25, -0.2) is 21.1 Å². The predicted octanol–water partition coefficient (Wildman–Crippen LogP) is 0.759. The molecule has 0 aliphatic carbocycles. The van der Waals surface area contributed by atoms with E-state index in [-0.39, 0.29) is 29.8 Å². The maximum absolute atomic E-state index is 12.5. The van der Waals surface area contributed by atoms with Gasteiger partial charge >= 0.3 is 0 Å². The Balaban J connectivity index is 1.57. The summed E-state index contributed by atoms with van der Waals surface area (Å²) in [7, 11) is -6.73. The highest BCUT2D eigenvalue weighted by Gasteiger charge is 2.30. The van der Waals surface area contributed by atoms with Crippen LogP contribution < -0.4 is 5.32 Å². The lowest BCUT2D eigenvalue weighted by Crippen LogP contribution is -2.44. The Morgan fingerprint density at radius 3 is 2.21 bits per heavy atom. The summed E-state index contributed by atoms with van der Waals surface area (Å²) < 4.78 is 51.3. The number of nitrogens with zero attached hydrogens (tertiary/aromatic N) is 2. The molecule has 0 spiro atoms. The molecule has 10 heteroatoms. The first-order chi connectivity index (χ1) is 13.2. The van der Waals surface area contributed by atoms with Crippen molar-refractivity contribution in [2.45, 2.75) is 37.1 Å². The molecule has 28 heavy (non-hydrogen) atoms. The second-order valence-corrected chi connectivity index (χ2v) is 11.4. The maximum atomic E-state index is 12.5. The van der Waals surface area contributed by atoms with Crippen LogP contribution in [-0.2, 0) is 31.4 Å². The number of rotatable bonds is 6. The summed E-state index contributed by atoms with van der Waals surface area (Å²) in [5.41, 5.74) is 0.796. The molecule has 1 amide bonds. The zero-order chi connectivity index (χ0) is 20.4. The van der Waals surface area contributed by atoms with Gasteiger partial charge in [0, 0.05) is 32.7 Å². The van der Waals surface area contributed by atoms with Crippen molar-refractivity contribution in [3.63, 3.8) is 0 Å². The normalized spacial score (nSPS) is 22.2. The second-order valence-electron chi connectivity index (χ2n) is 7.43. The summed E-state index contributed by atoms with van der Waals surface area (Å²) in [6.45, 7) is 2.06. The summed E-state index contributed by atoms with van der Waals surface area (Å²) in [4.78, 5) is 12.7. The van der Waals surface area contributed by atoms with E-state index in [1.165, 1.54) is 8.61 Å². The van der Waals surface area contributed by atoms with Crippen LogP contribution in [0.3, 0.4) is 0 Å². The van der Waals surface area contributed by atoms with E-state index in [1.54, 1.807) is 24.3 Å². The first-order valence-electron chi connectivity index (χ1n) is 9.50. The molecule has 3 rings (SSSR count). The molecule has 2 fully saturated rings. The maximum Gasteiger partial charge on any atom is 0.243 e. The Labute approximate surface area is 167 Å². The van der Waals surface area contributed by atoms with Crippen molar-refractivity contribution in [2.24, 2.45) is 5.92 Å². The zero-order valence-electron chi connectivity index (χ0n) is 16.0. The highest BCUT2D eigenvalue weighted by atomic mass is 32.2. The van der Waals surface area contributed by atoms with Crippen LogP contribution in [0.5, 0.6) is 0 Å². The molecule has 8 nitrogen and oxygen atoms in total. The Hall–Kier alpha value is -1.49. The number of carbonyl (C=O) groups excluding carboxylic acids is 1. The van der Waals surface area contributed by atoms with Crippen molar-refractivity contribution in [1.29, 1.82) is 0 Å². The summed E-state index contributed by atoms with van der Waals surface area (Å²) in [6.07, 6.45) is 4.26. The summed E-state index contributed by atoms with van der Waals surface area (Å²) in [5, 5.41) is 2.83. The third kappa shape index (κ3) is 4.91. The van der Waals surface area contributed by atoms with Crippen LogP contribution in [0.4, 0.5) is 0 Å². The number of hydrogen-bond donors (Lipinski definition) is 1. The minimum atomic E-state index is -3.44. The standard InChI is InChI=1S/C18H27N3O5S2/c1-27(23,24)21-12-4-5-16(14-21)18(22)19-13-15-6-8-17(9-7-15)28(25,26)20-10-2-3-11-20/h6-9,16H,2-5,10-14H2,1H3,(H,19,22)/t16-/m1/s1. The zero-order valence-corrected chi connectivity index (χ0v) is 17.6. The van der Waals surface area contributed by atoms with Gasteiger partial charge in [-0.2, -0.15) is 4.31 Å². The number of hydrogen-bond acceptors (Lipinski definition) is 5. The van der Waals surface area contributed by atoms with E-state index >= 15 is 0 Å². The molecular formula is C18H27N3O5S2. The molecule has 2 aliphatic heterocycles. The Morgan fingerprint density at radius 1 is 1.00 bits per heavy atom. The van der Waals surface area contributed by atoms with Crippen molar-refractivity contribution in [3.05, 3.63) is 29.8 Å². The van der Waals surface area contributed by atoms with Gasteiger partial charge in [-0.1, -0.05) is 12.1 Å². The molecule has 1 atom stereocenters. The SMILES string of the molecule is CS(=O)(=O)N1CCC[C@@H](C(=O)NCc2ccc(S(=O)(=O)N3CCCC3)cc2)C1. The van der Waals surface area contributed by atoms with E-state index in [0.717, 1.165) is 24.7 Å². The van der Waals surface area contributed by atoms with Crippen molar-refractivity contribution in [2.75, 3.05) is 32.4 Å². The monoisotopic (exact) mass is 429 g/mol. The quantitative estimate of drug-likeness (QED) is 0.719. The number of sulfonamides is 2. The Bertz CT molecular complexity index is 907. The molecule has 0 aromatic heterocycles. The molecular weight excluding hydrogens is 402 g/mol. The second kappa shape index (κ2) is 8.48. The van der Waals surface area contributed by atoms with Crippen molar-refractivity contribution in [1.82, 2.24) is 13.9 Å². The van der Waals surface area contributed by atoms with Gasteiger partial charge in [0.2, 0.25) is 26.0 Å². The fourth-order valence-corrected chi connectivity index (χ4v) is 6.08. The minimum Gasteiger partial charge on any atom is -0.352 e. The Kier molecular flexibility index (Phi) is 6.43. The largest absolute Gasteiger partial charge is 0.352 e. The molecule has 2 heterocycles. The van der Waals surface area contributed by atoms with Crippen molar-refractivity contribution in [3.8, 4) is 0 Å². The number of nitrogens with one attached hydrogen (secondary N) is 1. The van der Waals surface area contributed by atoms with E-state index in [4.69, 9.17) is 0 Å². The van der Waals surface area contributed by atoms with E-state index in [9.17, 15) is 21.6 Å². The van der Waals surface area contributed by atoms with Crippen LogP contribution in [0.2, 0.25) is 0 Å². The number of carbonyl (C=O) groups is 1. The van der Waals surface area contributed by atoms with Crippen LogP contribution in [0.25, 0.3) is 0 Å². The third-order valence-corrected chi connectivity index (χ3v) is 8.50. The van der Waals surface area contributed by atoms with Crippen LogP contribution >= 0.6 is 0 Å². The molecule has 0 unspecified atom stereocenters. The summed E-state index contributed by atoms with van der Waals surface area (Å²) in [6, 6.07) is 6.54. The van der Waals surface area contributed by atoms with Crippen LogP contribution in [-0.4, -0.2) is 63.8 Å². The summed E-state index contributed by atoms with van der Waals surface area (Å²) in [5.74, 6) is -0.541. The average molecular weight is 430 g/mol. The topological polar surface area (TPSA) is 104 Å². The van der Waals surface area contributed by atoms with Crippen LogP contribution in [0, 0.1) is 5.92 Å². The lowest BCUT2D eigenvalue weighted by atomic mass is 9.99. The van der Waals surface area contributed by atoms with Gasteiger partial charge in [-0.3, -0.25) is 4.79 Å². The van der Waals surface area contributed by atoms with Gasteiger partial charge in [0.15, 0.2) is 0 Å².